The Morgan fingerprint density at radius 3 is 2.63 bits per heavy atom. The van der Waals surface area contributed by atoms with Crippen molar-refractivity contribution in [2.45, 2.75) is 25.4 Å². The fourth-order valence-electron chi connectivity index (χ4n) is 2.40. The minimum Gasteiger partial charge on any atom is -0.326 e. The summed E-state index contributed by atoms with van der Waals surface area (Å²) in [7, 11) is 2.14. The Morgan fingerprint density at radius 1 is 1.32 bits per heavy atom. The van der Waals surface area contributed by atoms with Crippen LogP contribution in [0.25, 0.3) is 0 Å². The lowest BCUT2D eigenvalue weighted by molar-refractivity contribution is 0.222. The maximum Gasteiger partial charge on any atom is 0.0494 e. The molecule has 0 aliphatic rings. The molecule has 2 aromatic heterocycles. The molecule has 2 unspecified atom stereocenters. The molecule has 4 heteroatoms. The van der Waals surface area contributed by atoms with Gasteiger partial charge in [-0.2, -0.15) is 0 Å². The molecular weight excluding hydrogens is 254 g/mol. The van der Waals surface area contributed by atoms with Gasteiger partial charge in [0, 0.05) is 35.9 Å². The molecule has 2 aromatic rings. The number of aromatic nitrogens is 1. The molecule has 3 nitrogen and oxygen atoms in total. The number of rotatable bonds is 6. The Morgan fingerprint density at radius 2 is 2.05 bits per heavy atom. The highest BCUT2D eigenvalue weighted by molar-refractivity contribution is 7.09. The third-order valence-electron chi connectivity index (χ3n) is 3.31. The molecule has 0 spiro atoms. The molecule has 0 saturated carbocycles. The molecule has 0 saturated heterocycles. The molecule has 0 aliphatic heterocycles. The third-order valence-corrected chi connectivity index (χ3v) is 4.25. The highest BCUT2D eigenvalue weighted by atomic mass is 32.1. The first-order chi connectivity index (χ1) is 9.18. The van der Waals surface area contributed by atoms with Crippen molar-refractivity contribution in [3.05, 3.63) is 52.5 Å². The maximum atomic E-state index is 6.16. The summed E-state index contributed by atoms with van der Waals surface area (Å²) in [5.74, 6) is 0. The second-order valence-corrected chi connectivity index (χ2v) is 5.93. The lowest BCUT2D eigenvalue weighted by Gasteiger charge is -2.31. The standard InChI is InChI=1S/C15H21N3S/c1-12(16)15(13-5-8-17-9-6-13)18(2)10-7-14-4-3-11-19-14/h3-6,8-9,11-12,15H,7,10,16H2,1-2H3. The minimum atomic E-state index is 0.0933. The van der Waals surface area contributed by atoms with Gasteiger partial charge in [-0.15, -0.1) is 11.3 Å². The molecule has 0 radical (unpaired) electrons. The SMILES string of the molecule is CC(N)C(c1ccncc1)N(C)CCc1cccs1. The molecule has 0 aromatic carbocycles. The molecule has 0 bridgehead atoms. The summed E-state index contributed by atoms with van der Waals surface area (Å²) < 4.78 is 0. The van der Waals surface area contributed by atoms with Crippen molar-refractivity contribution in [3.63, 3.8) is 0 Å². The molecule has 2 rings (SSSR count). The summed E-state index contributed by atoms with van der Waals surface area (Å²) in [5, 5.41) is 2.13. The molecule has 0 aliphatic carbocycles. The molecule has 102 valence electrons. The van der Waals surface area contributed by atoms with Gasteiger partial charge < -0.3 is 5.73 Å². The van der Waals surface area contributed by atoms with E-state index in [9.17, 15) is 0 Å². The maximum absolute atomic E-state index is 6.16. The average molecular weight is 275 g/mol. The molecule has 2 N–H and O–H groups in total. The molecular formula is C15H21N3S. The molecule has 19 heavy (non-hydrogen) atoms. The van der Waals surface area contributed by atoms with E-state index in [4.69, 9.17) is 5.73 Å². The Bertz CT molecular complexity index is 467. The van der Waals surface area contributed by atoms with Crippen LogP contribution in [0.4, 0.5) is 0 Å². The number of hydrogen-bond acceptors (Lipinski definition) is 4. The smallest absolute Gasteiger partial charge is 0.0494 e. The highest BCUT2D eigenvalue weighted by Gasteiger charge is 2.20. The van der Waals surface area contributed by atoms with Crippen molar-refractivity contribution >= 4 is 11.3 Å². The van der Waals surface area contributed by atoms with Crippen LogP contribution in [0.3, 0.4) is 0 Å². The van der Waals surface area contributed by atoms with Crippen molar-refractivity contribution in [2.75, 3.05) is 13.6 Å². The van der Waals surface area contributed by atoms with Crippen LogP contribution in [0, 0.1) is 0 Å². The van der Waals surface area contributed by atoms with Crippen LogP contribution in [0.2, 0.25) is 0 Å². The quantitative estimate of drug-likeness (QED) is 0.881. The first kappa shape index (κ1) is 14.2. The summed E-state index contributed by atoms with van der Waals surface area (Å²) in [6.07, 6.45) is 4.73. The monoisotopic (exact) mass is 275 g/mol. The van der Waals surface area contributed by atoms with Crippen molar-refractivity contribution in [3.8, 4) is 0 Å². The van der Waals surface area contributed by atoms with Crippen molar-refractivity contribution in [1.82, 2.24) is 9.88 Å². The molecule has 0 fully saturated rings. The Labute approximate surface area is 119 Å². The molecule has 2 atom stereocenters. The van der Waals surface area contributed by atoms with Crippen LogP contribution in [0.15, 0.2) is 42.0 Å². The van der Waals surface area contributed by atoms with E-state index in [-0.39, 0.29) is 12.1 Å². The second kappa shape index (κ2) is 6.80. The fourth-order valence-corrected chi connectivity index (χ4v) is 3.10. The van der Waals surface area contributed by atoms with Crippen LogP contribution >= 0.6 is 11.3 Å². The van der Waals surface area contributed by atoms with E-state index in [0.29, 0.717) is 0 Å². The number of nitrogens with two attached hydrogens (primary N) is 1. The van der Waals surface area contributed by atoms with Gasteiger partial charge in [-0.1, -0.05) is 6.07 Å². The normalized spacial score (nSPS) is 14.5. The summed E-state index contributed by atoms with van der Waals surface area (Å²) in [4.78, 5) is 7.83. The van der Waals surface area contributed by atoms with Gasteiger partial charge in [-0.05, 0) is 49.5 Å². The van der Waals surface area contributed by atoms with E-state index in [1.807, 2.05) is 23.7 Å². The highest BCUT2D eigenvalue weighted by Crippen LogP contribution is 2.22. The van der Waals surface area contributed by atoms with Crippen LogP contribution in [0.5, 0.6) is 0 Å². The van der Waals surface area contributed by atoms with Gasteiger partial charge in [0.05, 0.1) is 0 Å². The van der Waals surface area contributed by atoms with Gasteiger partial charge in [0.15, 0.2) is 0 Å². The van der Waals surface area contributed by atoms with E-state index in [2.05, 4.69) is 53.5 Å². The first-order valence-corrected chi connectivity index (χ1v) is 7.44. The molecule has 0 amide bonds. The first-order valence-electron chi connectivity index (χ1n) is 6.56. The number of nitrogens with zero attached hydrogens (tertiary/aromatic N) is 2. The van der Waals surface area contributed by atoms with Crippen molar-refractivity contribution in [1.29, 1.82) is 0 Å². The number of thiophene rings is 1. The second-order valence-electron chi connectivity index (χ2n) is 4.89. The van der Waals surface area contributed by atoms with Gasteiger partial charge in [0.1, 0.15) is 0 Å². The van der Waals surface area contributed by atoms with Crippen LogP contribution < -0.4 is 5.73 Å². The summed E-state index contributed by atoms with van der Waals surface area (Å²) in [6, 6.07) is 8.72. The lowest BCUT2D eigenvalue weighted by atomic mass is 10.0. The van der Waals surface area contributed by atoms with E-state index < -0.39 is 0 Å². The Kier molecular flexibility index (Phi) is 5.07. The van der Waals surface area contributed by atoms with E-state index >= 15 is 0 Å². The van der Waals surface area contributed by atoms with E-state index in [0.717, 1.165) is 13.0 Å². The topological polar surface area (TPSA) is 42.1 Å². The van der Waals surface area contributed by atoms with E-state index in [1.54, 1.807) is 0 Å². The fraction of sp³-hybridized carbons (Fsp3) is 0.400. The zero-order chi connectivity index (χ0) is 13.7. The van der Waals surface area contributed by atoms with Crippen LogP contribution in [-0.2, 0) is 6.42 Å². The van der Waals surface area contributed by atoms with Gasteiger partial charge in [-0.25, -0.2) is 0 Å². The summed E-state index contributed by atoms with van der Waals surface area (Å²) >= 11 is 1.81. The van der Waals surface area contributed by atoms with Crippen molar-refractivity contribution in [2.24, 2.45) is 5.73 Å². The largest absolute Gasteiger partial charge is 0.326 e. The summed E-state index contributed by atoms with van der Waals surface area (Å²) in [5.41, 5.74) is 7.39. The number of likely N-dealkylation sites (N-methyl/N-ethyl adjacent to an activating group) is 1. The van der Waals surface area contributed by atoms with Crippen LogP contribution in [-0.4, -0.2) is 29.5 Å². The average Bonchev–Trinajstić information content (AvgIpc) is 2.90. The van der Waals surface area contributed by atoms with Crippen molar-refractivity contribution < 1.29 is 0 Å². The lowest BCUT2D eigenvalue weighted by Crippen LogP contribution is -2.38. The molecule has 2 heterocycles. The number of pyridine rings is 1. The van der Waals surface area contributed by atoms with Gasteiger partial charge in [0.2, 0.25) is 0 Å². The Hall–Kier alpha value is -1.23. The van der Waals surface area contributed by atoms with Crippen LogP contribution in [0.1, 0.15) is 23.4 Å². The zero-order valence-corrected chi connectivity index (χ0v) is 12.3. The third kappa shape index (κ3) is 3.86. The Balaban J connectivity index is 2.03. The van der Waals surface area contributed by atoms with E-state index in [1.165, 1.54) is 10.4 Å². The van der Waals surface area contributed by atoms with Gasteiger partial charge in [0.25, 0.3) is 0 Å². The minimum absolute atomic E-state index is 0.0933. The van der Waals surface area contributed by atoms with Gasteiger partial charge in [-0.3, -0.25) is 9.88 Å². The predicted octanol–water partition coefficient (Wildman–Crippen LogP) is 2.71. The zero-order valence-electron chi connectivity index (χ0n) is 11.5. The predicted molar refractivity (Wildman–Crippen MR) is 81.3 cm³/mol. The number of hydrogen-bond donors (Lipinski definition) is 1. The summed E-state index contributed by atoms with van der Waals surface area (Å²) in [6.45, 7) is 3.07. The van der Waals surface area contributed by atoms with Gasteiger partial charge >= 0.3 is 0 Å².